The molecule has 1 aromatic heterocycles. The summed E-state index contributed by atoms with van der Waals surface area (Å²) in [4.78, 5) is 38.1. The van der Waals surface area contributed by atoms with Gasteiger partial charge < -0.3 is 5.32 Å². The summed E-state index contributed by atoms with van der Waals surface area (Å²) >= 11 is 1.22. The second-order valence-corrected chi connectivity index (χ2v) is 6.11. The lowest BCUT2D eigenvalue weighted by Crippen LogP contribution is -2.43. The summed E-state index contributed by atoms with van der Waals surface area (Å²) in [6, 6.07) is 10.0. The van der Waals surface area contributed by atoms with Gasteiger partial charge in [0.2, 0.25) is 5.91 Å². The molecule has 0 saturated heterocycles. The lowest BCUT2D eigenvalue weighted by Gasteiger charge is -2.33. The normalized spacial score (nSPS) is 16.9. The Labute approximate surface area is 131 Å². The molecule has 1 atom stereocenters. The quantitative estimate of drug-likeness (QED) is 0.867. The number of rotatable bonds is 2. The fraction of sp³-hybridized carbons (Fsp3) is 0.188. The van der Waals surface area contributed by atoms with Crippen LogP contribution in [0, 0.1) is 0 Å². The molecule has 1 aliphatic heterocycles. The average Bonchev–Trinajstić information content (AvgIpc) is 2.90. The van der Waals surface area contributed by atoms with Gasteiger partial charge in [0.25, 0.3) is 5.91 Å². The van der Waals surface area contributed by atoms with Crippen LogP contribution >= 0.6 is 11.3 Å². The number of hydrogen-bond acceptors (Lipinski definition) is 4. The van der Waals surface area contributed by atoms with Crippen LogP contribution in [0.5, 0.6) is 0 Å². The van der Waals surface area contributed by atoms with Crippen molar-refractivity contribution in [2.24, 2.45) is 0 Å². The van der Waals surface area contributed by atoms with Crippen LogP contribution in [0.1, 0.15) is 35.1 Å². The van der Waals surface area contributed by atoms with Gasteiger partial charge in [0, 0.05) is 6.92 Å². The molecule has 2 aromatic rings. The molecule has 1 N–H and O–H groups in total. The Morgan fingerprint density at radius 3 is 2.45 bits per heavy atom. The van der Waals surface area contributed by atoms with Crippen LogP contribution < -0.4 is 10.2 Å². The van der Waals surface area contributed by atoms with E-state index in [1.807, 2.05) is 30.3 Å². The number of amides is 2. The maximum Gasteiger partial charge on any atom is 0.252 e. The fourth-order valence-electron chi connectivity index (χ4n) is 2.52. The molecule has 22 heavy (non-hydrogen) atoms. The third-order valence-electron chi connectivity index (χ3n) is 3.50. The highest BCUT2D eigenvalue weighted by Crippen LogP contribution is 2.44. The van der Waals surface area contributed by atoms with Gasteiger partial charge >= 0.3 is 0 Å². The zero-order valence-corrected chi connectivity index (χ0v) is 12.9. The Hall–Kier alpha value is -2.47. The van der Waals surface area contributed by atoms with Crippen molar-refractivity contribution in [2.45, 2.75) is 19.9 Å². The van der Waals surface area contributed by atoms with E-state index in [9.17, 15) is 14.4 Å². The lowest BCUT2D eigenvalue weighted by atomic mass is 10.0. The molecule has 6 heteroatoms. The van der Waals surface area contributed by atoms with Crippen LogP contribution in [-0.2, 0) is 9.59 Å². The molecular weight excluding hydrogens is 300 g/mol. The van der Waals surface area contributed by atoms with E-state index in [2.05, 4.69) is 5.32 Å². The molecule has 1 aliphatic rings. The van der Waals surface area contributed by atoms with Gasteiger partial charge in [-0.25, -0.2) is 0 Å². The number of benzene rings is 1. The fourth-order valence-corrected chi connectivity index (χ4v) is 3.60. The number of carbonyl (C=O) groups excluding carboxylic acids is 3. The van der Waals surface area contributed by atoms with Gasteiger partial charge in [-0.1, -0.05) is 30.3 Å². The van der Waals surface area contributed by atoms with Crippen molar-refractivity contribution in [1.82, 2.24) is 0 Å². The molecule has 0 saturated carbocycles. The van der Waals surface area contributed by atoms with Crippen molar-refractivity contribution in [3.63, 3.8) is 0 Å². The molecule has 1 aromatic carbocycles. The van der Waals surface area contributed by atoms with Crippen molar-refractivity contribution >= 4 is 39.6 Å². The van der Waals surface area contributed by atoms with E-state index < -0.39 is 6.04 Å². The van der Waals surface area contributed by atoms with Crippen molar-refractivity contribution < 1.29 is 14.4 Å². The second kappa shape index (κ2) is 5.38. The topological polar surface area (TPSA) is 66.5 Å². The SMILES string of the molecule is CC(=O)c1cc2c(s1)N(C(C)=O)C(c1ccccc1)C(=O)N2. The number of fused-ring (bicyclic) bond motifs is 1. The zero-order valence-electron chi connectivity index (χ0n) is 12.1. The summed E-state index contributed by atoms with van der Waals surface area (Å²) < 4.78 is 0. The van der Waals surface area contributed by atoms with Gasteiger partial charge in [-0.3, -0.25) is 19.3 Å². The molecule has 2 amide bonds. The number of hydrogen-bond donors (Lipinski definition) is 1. The highest BCUT2D eigenvalue weighted by atomic mass is 32.1. The first kappa shape index (κ1) is 14.5. The van der Waals surface area contributed by atoms with E-state index in [1.54, 1.807) is 6.07 Å². The third kappa shape index (κ3) is 2.31. The van der Waals surface area contributed by atoms with Crippen molar-refractivity contribution in [3.05, 3.63) is 46.8 Å². The smallest absolute Gasteiger partial charge is 0.252 e. The van der Waals surface area contributed by atoms with Gasteiger partial charge in [0.05, 0.1) is 10.6 Å². The monoisotopic (exact) mass is 314 g/mol. The molecule has 3 rings (SSSR count). The molecule has 0 aliphatic carbocycles. The Bertz CT molecular complexity index is 767. The van der Waals surface area contributed by atoms with Crippen LogP contribution in [-0.4, -0.2) is 17.6 Å². The van der Waals surface area contributed by atoms with Crippen LogP contribution in [0.25, 0.3) is 0 Å². The number of thiophene rings is 1. The largest absolute Gasteiger partial charge is 0.321 e. The Morgan fingerprint density at radius 2 is 1.86 bits per heavy atom. The average molecular weight is 314 g/mol. The summed E-state index contributed by atoms with van der Waals surface area (Å²) in [5.41, 5.74) is 1.25. The minimum Gasteiger partial charge on any atom is -0.321 e. The number of carbonyl (C=O) groups is 3. The van der Waals surface area contributed by atoms with Crippen LogP contribution in [0.15, 0.2) is 36.4 Å². The lowest BCUT2D eigenvalue weighted by molar-refractivity contribution is -0.123. The van der Waals surface area contributed by atoms with E-state index in [0.717, 1.165) is 5.56 Å². The minimum absolute atomic E-state index is 0.0894. The van der Waals surface area contributed by atoms with E-state index in [0.29, 0.717) is 15.6 Å². The summed E-state index contributed by atoms with van der Waals surface area (Å²) in [5.74, 6) is -0.600. The highest BCUT2D eigenvalue weighted by molar-refractivity contribution is 7.19. The van der Waals surface area contributed by atoms with Crippen LogP contribution in [0.4, 0.5) is 10.7 Å². The number of ketones is 1. The second-order valence-electron chi connectivity index (χ2n) is 5.08. The third-order valence-corrected chi connectivity index (χ3v) is 4.73. The van der Waals surface area contributed by atoms with Crippen molar-refractivity contribution in [1.29, 1.82) is 0 Å². The van der Waals surface area contributed by atoms with E-state index in [-0.39, 0.29) is 17.6 Å². The molecule has 112 valence electrons. The van der Waals surface area contributed by atoms with Crippen LogP contribution in [0.3, 0.4) is 0 Å². The molecule has 0 spiro atoms. The first-order valence-corrected chi connectivity index (χ1v) is 7.61. The first-order chi connectivity index (χ1) is 10.5. The number of nitrogens with zero attached hydrogens (tertiary/aromatic N) is 1. The van der Waals surface area contributed by atoms with Gasteiger partial charge in [-0.2, -0.15) is 0 Å². The molecule has 0 fully saturated rings. The van der Waals surface area contributed by atoms with E-state index >= 15 is 0 Å². The van der Waals surface area contributed by atoms with Crippen molar-refractivity contribution in [2.75, 3.05) is 10.2 Å². The first-order valence-electron chi connectivity index (χ1n) is 6.79. The number of anilines is 2. The predicted molar refractivity (Wildman–Crippen MR) is 85.3 cm³/mol. The van der Waals surface area contributed by atoms with Gasteiger partial charge in [-0.15, -0.1) is 11.3 Å². The summed E-state index contributed by atoms with van der Waals surface area (Å²) in [6.07, 6.45) is 0. The Morgan fingerprint density at radius 1 is 1.18 bits per heavy atom. The van der Waals surface area contributed by atoms with E-state index in [1.165, 1.54) is 30.1 Å². The molecule has 0 bridgehead atoms. The summed E-state index contributed by atoms with van der Waals surface area (Å²) in [5, 5.41) is 3.40. The van der Waals surface area contributed by atoms with Gasteiger partial charge in [0.1, 0.15) is 11.0 Å². The molecule has 5 nitrogen and oxygen atoms in total. The number of nitrogens with one attached hydrogen (secondary N) is 1. The highest BCUT2D eigenvalue weighted by Gasteiger charge is 2.38. The summed E-state index contributed by atoms with van der Waals surface area (Å²) in [7, 11) is 0. The van der Waals surface area contributed by atoms with Gasteiger partial charge in [0.15, 0.2) is 5.78 Å². The molecule has 0 radical (unpaired) electrons. The van der Waals surface area contributed by atoms with Crippen molar-refractivity contribution in [3.8, 4) is 0 Å². The maximum atomic E-state index is 12.5. The number of Topliss-reactive ketones (excluding diaryl/α,β-unsaturated/α-hetero) is 1. The maximum absolute atomic E-state index is 12.5. The predicted octanol–water partition coefficient (Wildman–Crippen LogP) is 3.00. The Balaban J connectivity index is 2.14. The Kier molecular flexibility index (Phi) is 3.54. The minimum atomic E-state index is -0.718. The molecule has 2 heterocycles. The standard InChI is InChI=1S/C16H14N2O3S/c1-9(19)13-8-12-16(22-13)18(10(2)20)14(15(21)17-12)11-6-4-3-5-7-11/h3-8,14H,1-2H3,(H,17,21). The van der Waals surface area contributed by atoms with Crippen LogP contribution in [0.2, 0.25) is 0 Å². The van der Waals surface area contributed by atoms with E-state index in [4.69, 9.17) is 0 Å². The van der Waals surface area contributed by atoms with Gasteiger partial charge in [-0.05, 0) is 18.6 Å². The molecular formula is C16H14N2O3S. The molecule has 1 unspecified atom stereocenters. The summed E-state index contributed by atoms with van der Waals surface area (Å²) in [6.45, 7) is 2.89. The zero-order chi connectivity index (χ0) is 15.9.